The van der Waals surface area contributed by atoms with E-state index in [4.69, 9.17) is 21.1 Å². The van der Waals surface area contributed by atoms with Crippen LogP contribution in [0, 0.1) is 11.3 Å². The number of nitriles is 1. The number of nitrogens with zero attached hydrogens (tertiary/aromatic N) is 3. The van der Waals surface area contributed by atoms with E-state index in [9.17, 15) is 10.1 Å². The molecule has 1 heterocycles. The Morgan fingerprint density at radius 1 is 1.14 bits per heavy atom. The van der Waals surface area contributed by atoms with Gasteiger partial charge in [0.15, 0.2) is 10.9 Å². The van der Waals surface area contributed by atoms with Gasteiger partial charge in [-0.15, -0.1) is 0 Å². The molecule has 0 bridgehead atoms. The number of methoxy groups -OCH3 is 1. The second-order valence-corrected chi connectivity index (χ2v) is 9.63. The number of hydrogen-bond donors (Lipinski definition) is 0. The van der Waals surface area contributed by atoms with Crippen LogP contribution in [-0.4, -0.2) is 35.9 Å². The van der Waals surface area contributed by atoms with Crippen LogP contribution in [0.3, 0.4) is 0 Å². The Morgan fingerprint density at radius 3 is 2.56 bits per heavy atom. The number of hydrogen-bond acceptors (Lipinski definition) is 8. The molecule has 36 heavy (non-hydrogen) atoms. The summed E-state index contributed by atoms with van der Waals surface area (Å²) < 4.78 is 16.3. The quantitative estimate of drug-likeness (QED) is 0.131. The molecule has 0 fully saturated rings. The first-order chi connectivity index (χ1) is 17.3. The Kier molecular flexibility index (Phi) is 9.57. The van der Waals surface area contributed by atoms with Crippen molar-refractivity contribution in [1.29, 1.82) is 5.26 Å². The maximum atomic E-state index is 11.3. The lowest BCUT2D eigenvalue weighted by Gasteiger charge is -2.27. The van der Waals surface area contributed by atoms with Crippen LogP contribution in [0.4, 0.5) is 0 Å². The van der Waals surface area contributed by atoms with Gasteiger partial charge in [-0.1, -0.05) is 49.3 Å². The number of ether oxygens (including phenoxy) is 3. The standard InChI is InChI=1S/C27H28ClN3O4S/c1-27(2,19-7-9-22(10-8-19)35-17-21-11-12-30-26(31-21)36-4)20-14-18(16-29)25(23(28)15-20)34-13-5-6-24(32)33-3/h7-12,14-15H,5-6,13,17H2,1-4H3. The minimum atomic E-state index is -0.433. The lowest BCUT2D eigenvalue weighted by Crippen LogP contribution is -2.19. The molecule has 0 amide bonds. The zero-order valence-electron chi connectivity index (χ0n) is 20.7. The maximum Gasteiger partial charge on any atom is 0.305 e. The Labute approximate surface area is 220 Å². The fraction of sp³-hybridized carbons (Fsp3) is 0.333. The van der Waals surface area contributed by atoms with Crippen LogP contribution in [0.25, 0.3) is 0 Å². The molecule has 9 heteroatoms. The van der Waals surface area contributed by atoms with Crippen LogP contribution in [-0.2, 0) is 21.6 Å². The van der Waals surface area contributed by atoms with E-state index in [2.05, 4.69) is 34.6 Å². The van der Waals surface area contributed by atoms with Gasteiger partial charge in [-0.05, 0) is 54.1 Å². The highest BCUT2D eigenvalue weighted by molar-refractivity contribution is 7.98. The van der Waals surface area contributed by atoms with Crippen molar-refractivity contribution in [2.45, 2.75) is 43.9 Å². The average molecular weight is 526 g/mol. The number of aromatic nitrogens is 2. The summed E-state index contributed by atoms with van der Waals surface area (Å²) in [6, 6.07) is 15.5. The largest absolute Gasteiger partial charge is 0.491 e. The molecular weight excluding hydrogens is 498 g/mol. The molecule has 0 aliphatic heterocycles. The van der Waals surface area contributed by atoms with Crippen molar-refractivity contribution in [3.63, 3.8) is 0 Å². The van der Waals surface area contributed by atoms with E-state index < -0.39 is 5.41 Å². The topological polar surface area (TPSA) is 94.3 Å². The van der Waals surface area contributed by atoms with E-state index in [1.807, 2.05) is 42.7 Å². The molecule has 2 aromatic carbocycles. The summed E-state index contributed by atoms with van der Waals surface area (Å²) in [6.07, 6.45) is 4.36. The summed E-state index contributed by atoms with van der Waals surface area (Å²) in [5, 5.41) is 10.8. The number of rotatable bonds is 11. The van der Waals surface area contributed by atoms with Crippen molar-refractivity contribution in [3.8, 4) is 17.6 Å². The van der Waals surface area contributed by atoms with Crippen molar-refractivity contribution in [2.75, 3.05) is 20.0 Å². The second kappa shape index (κ2) is 12.6. The maximum absolute atomic E-state index is 11.3. The van der Waals surface area contributed by atoms with Gasteiger partial charge in [0.05, 0.1) is 30.0 Å². The monoisotopic (exact) mass is 525 g/mol. The van der Waals surface area contributed by atoms with Crippen LogP contribution in [0.2, 0.25) is 5.02 Å². The Balaban J connectivity index is 1.71. The van der Waals surface area contributed by atoms with Gasteiger partial charge in [0.1, 0.15) is 18.4 Å². The molecule has 3 rings (SSSR count). The Hall–Kier alpha value is -3.28. The minimum absolute atomic E-state index is 0.235. The van der Waals surface area contributed by atoms with Crippen molar-refractivity contribution in [1.82, 2.24) is 9.97 Å². The molecule has 188 valence electrons. The van der Waals surface area contributed by atoms with Crippen LogP contribution in [0.5, 0.6) is 11.5 Å². The molecule has 0 spiro atoms. The third kappa shape index (κ3) is 6.90. The van der Waals surface area contributed by atoms with Crippen molar-refractivity contribution in [2.24, 2.45) is 0 Å². The zero-order valence-corrected chi connectivity index (χ0v) is 22.3. The van der Waals surface area contributed by atoms with Crippen LogP contribution in [0.1, 0.15) is 49.1 Å². The molecule has 1 aromatic heterocycles. The number of thioether (sulfide) groups is 1. The summed E-state index contributed by atoms with van der Waals surface area (Å²) in [7, 11) is 1.34. The molecule has 0 unspecified atom stereocenters. The van der Waals surface area contributed by atoms with Crippen molar-refractivity contribution in [3.05, 3.63) is 76.1 Å². The molecule has 0 saturated heterocycles. The third-order valence-corrected chi connectivity index (χ3v) is 6.56. The van der Waals surface area contributed by atoms with Gasteiger partial charge in [-0.25, -0.2) is 9.97 Å². The van der Waals surface area contributed by atoms with E-state index >= 15 is 0 Å². The number of carbonyl (C=O) groups excluding carboxylic acids is 1. The number of carbonyl (C=O) groups is 1. The highest BCUT2D eigenvalue weighted by atomic mass is 35.5. The van der Waals surface area contributed by atoms with Crippen molar-refractivity contribution >= 4 is 29.3 Å². The van der Waals surface area contributed by atoms with Gasteiger partial charge in [0.25, 0.3) is 0 Å². The predicted octanol–water partition coefficient (Wildman–Crippen LogP) is 5.96. The van der Waals surface area contributed by atoms with Crippen molar-refractivity contribution < 1.29 is 19.0 Å². The molecule has 3 aromatic rings. The van der Waals surface area contributed by atoms with Gasteiger partial charge < -0.3 is 14.2 Å². The SMILES string of the molecule is COC(=O)CCCOc1c(Cl)cc(C(C)(C)c2ccc(OCc3ccnc(SC)n3)cc2)cc1C#N. The first-order valence-electron chi connectivity index (χ1n) is 11.3. The number of esters is 1. The van der Waals surface area contributed by atoms with E-state index in [0.29, 0.717) is 34.5 Å². The minimum Gasteiger partial charge on any atom is -0.491 e. The number of benzene rings is 2. The van der Waals surface area contributed by atoms with E-state index in [1.54, 1.807) is 12.3 Å². The molecule has 7 nitrogen and oxygen atoms in total. The predicted molar refractivity (Wildman–Crippen MR) is 140 cm³/mol. The fourth-order valence-corrected chi connectivity index (χ4v) is 4.17. The summed E-state index contributed by atoms with van der Waals surface area (Å²) in [6.45, 7) is 4.73. The highest BCUT2D eigenvalue weighted by Crippen LogP contribution is 2.38. The number of halogens is 1. The third-order valence-electron chi connectivity index (χ3n) is 5.72. The molecule has 0 saturated carbocycles. The van der Waals surface area contributed by atoms with E-state index in [1.165, 1.54) is 18.9 Å². The van der Waals surface area contributed by atoms with E-state index in [-0.39, 0.29) is 19.0 Å². The fourth-order valence-electron chi connectivity index (χ4n) is 3.52. The molecule has 0 radical (unpaired) electrons. The van der Waals surface area contributed by atoms with Gasteiger partial charge in [0, 0.05) is 18.0 Å². The lowest BCUT2D eigenvalue weighted by atomic mass is 9.77. The first-order valence-corrected chi connectivity index (χ1v) is 12.9. The summed E-state index contributed by atoms with van der Waals surface area (Å²) in [4.78, 5) is 19.9. The molecule has 0 aliphatic rings. The lowest BCUT2D eigenvalue weighted by molar-refractivity contribution is -0.140. The second-order valence-electron chi connectivity index (χ2n) is 8.45. The molecule has 0 aliphatic carbocycles. The highest BCUT2D eigenvalue weighted by Gasteiger charge is 2.26. The smallest absolute Gasteiger partial charge is 0.305 e. The summed E-state index contributed by atoms with van der Waals surface area (Å²) in [5.74, 6) is 0.740. The van der Waals surface area contributed by atoms with Crippen LogP contribution in [0.15, 0.2) is 53.8 Å². The Morgan fingerprint density at radius 2 is 1.89 bits per heavy atom. The molecule has 0 N–H and O–H groups in total. The van der Waals surface area contributed by atoms with Crippen LogP contribution < -0.4 is 9.47 Å². The van der Waals surface area contributed by atoms with Gasteiger partial charge in [0.2, 0.25) is 0 Å². The van der Waals surface area contributed by atoms with Crippen LogP contribution >= 0.6 is 23.4 Å². The summed E-state index contributed by atoms with van der Waals surface area (Å²) in [5.41, 5.74) is 2.64. The van der Waals surface area contributed by atoms with Gasteiger partial charge in [-0.3, -0.25) is 4.79 Å². The molecular formula is C27H28ClN3O4S. The first kappa shape index (κ1) is 27.3. The van der Waals surface area contributed by atoms with Gasteiger partial charge in [-0.2, -0.15) is 5.26 Å². The van der Waals surface area contributed by atoms with E-state index in [0.717, 1.165) is 22.6 Å². The zero-order chi connectivity index (χ0) is 26.1. The summed E-state index contributed by atoms with van der Waals surface area (Å²) >= 11 is 8.01. The Bertz CT molecular complexity index is 1240. The normalized spacial score (nSPS) is 11.0. The average Bonchev–Trinajstić information content (AvgIpc) is 2.90. The molecule has 0 atom stereocenters. The van der Waals surface area contributed by atoms with Gasteiger partial charge >= 0.3 is 5.97 Å².